The number of hydrogen-bond acceptors (Lipinski definition) is 6. The Morgan fingerprint density at radius 3 is 2.66 bits per heavy atom. The number of para-hydroxylation sites is 1. The molecule has 3 aromatic rings. The van der Waals surface area contributed by atoms with E-state index in [9.17, 15) is 9.59 Å². The second-order valence-corrected chi connectivity index (χ2v) is 8.04. The summed E-state index contributed by atoms with van der Waals surface area (Å²) in [5, 5.41) is 11.6. The lowest BCUT2D eigenvalue weighted by Crippen LogP contribution is -2.41. The first kappa shape index (κ1) is 22.0. The number of aromatic nitrogens is 3. The molecule has 168 valence electrons. The van der Waals surface area contributed by atoms with Crippen molar-refractivity contribution in [2.75, 3.05) is 26.7 Å². The Bertz CT molecular complexity index is 1120. The number of aryl methyl sites for hydroxylation is 1. The Kier molecular flexibility index (Phi) is 7.11. The average molecular weight is 436 g/mol. The molecule has 1 aromatic heterocycles. The summed E-state index contributed by atoms with van der Waals surface area (Å²) < 4.78 is 6.84. The molecule has 1 aliphatic rings. The van der Waals surface area contributed by atoms with Crippen molar-refractivity contribution in [3.05, 3.63) is 64.4 Å². The minimum atomic E-state index is -0.233. The normalized spacial score (nSPS) is 15.4. The van der Waals surface area contributed by atoms with Gasteiger partial charge in [-0.2, -0.15) is 0 Å². The van der Waals surface area contributed by atoms with Crippen LogP contribution in [0.4, 0.5) is 0 Å². The number of nitrogens with one attached hydrogen (secondary N) is 1. The van der Waals surface area contributed by atoms with Gasteiger partial charge in [0, 0.05) is 18.5 Å². The third-order valence-electron chi connectivity index (χ3n) is 6.00. The van der Waals surface area contributed by atoms with Crippen LogP contribution in [0.5, 0.6) is 5.75 Å². The number of amides is 1. The predicted molar refractivity (Wildman–Crippen MR) is 123 cm³/mol. The Balaban J connectivity index is 1.42. The highest BCUT2D eigenvalue weighted by atomic mass is 16.5. The van der Waals surface area contributed by atoms with Crippen LogP contribution in [0, 0.1) is 0 Å². The van der Waals surface area contributed by atoms with Crippen LogP contribution < -0.4 is 15.6 Å². The van der Waals surface area contributed by atoms with Crippen LogP contribution in [0.3, 0.4) is 0 Å². The van der Waals surface area contributed by atoms with Crippen molar-refractivity contribution in [1.29, 1.82) is 0 Å². The van der Waals surface area contributed by atoms with Crippen molar-refractivity contribution < 1.29 is 9.53 Å². The van der Waals surface area contributed by atoms with Crippen LogP contribution in [-0.2, 0) is 11.3 Å². The quantitative estimate of drug-likeness (QED) is 0.585. The van der Waals surface area contributed by atoms with Crippen LogP contribution in [0.1, 0.15) is 37.3 Å². The molecule has 1 amide bonds. The van der Waals surface area contributed by atoms with Crippen LogP contribution in [0.2, 0.25) is 0 Å². The Morgan fingerprint density at radius 1 is 1.09 bits per heavy atom. The summed E-state index contributed by atoms with van der Waals surface area (Å²) in [6.07, 6.45) is 3.71. The number of carbonyl (C=O) groups excluding carboxylic acids is 1. The van der Waals surface area contributed by atoms with E-state index in [-0.39, 0.29) is 30.5 Å². The first-order valence-electron chi connectivity index (χ1n) is 11.1. The summed E-state index contributed by atoms with van der Waals surface area (Å²) in [4.78, 5) is 27.6. The van der Waals surface area contributed by atoms with Gasteiger partial charge in [-0.05, 0) is 44.1 Å². The van der Waals surface area contributed by atoms with Gasteiger partial charge >= 0.3 is 0 Å². The SMILES string of the molecule is COc1ccccc1C(CNC(=O)CCn1nnc2ccccc2c1=O)N1CCCCC1. The monoisotopic (exact) mass is 435 g/mol. The molecule has 1 fully saturated rings. The first-order valence-corrected chi connectivity index (χ1v) is 11.1. The number of carbonyl (C=O) groups is 1. The number of fused-ring (bicyclic) bond motifs is 1. The molecule has 1 saturated heterocycles. The number of hydrogen-bond donors (Lipinski definition) is 1. The molecule has 1 atom stereocenters. The average Bonchev–Trinajstić information content (AvgIpc) is 2.85. The summed E-state index contributed by atoms with van der Waals surface area (Å²) in [5.41, 5.74) is 1.40. The van der Waals surface area contributed by atoms with Crippen molar-refractivity contribution in [1.82, 2.24) is 25.2 Å². The van der Waals surface area contributed by atoms with E-state index < -0.39 is 0 Å². The molecule has 0 saturated carbocycles. The van der Waals surface area contributed by atoms with E-state index in [1.807, 2.05) is 24.3 Å². The summed E-state index contributed by atoms with van der Waals surface area (Å²) in [7, 11) is 1.67. The standard InChI is InChI=1S/C24H29N5O3/c1-32-22-12-6-4-10-19(22)21(28-14-7-2-8-15-28)17-25-23(30)13-16-29-24(31)18-9-3-5-11-20(18)26-27-29/h3-6,9-12,21H,2,7-8,13-17H2,1H3,(H,25,30). The van der Waals surface area contributed by atoms with Crippen molar-refractivity contribution in [3.63, 3.8) is 0 Å². The maximum absolute atomic E-state index is 12.6. The van der Waals surface area contributed by atoms with Crippen molar-refractivity contribution >= 4 is 16.8 Å². The summed E-state index contributed by atoms with van der Waals surface area (Å²) in [5.74, 6) is 0.707. The summed E-state index contributed by atoms with van der Waals surface area (Å²) in [6.45, 7) is 2.67. The molecule has 2 heterocycles. The molecule has 8 nitrogen and oxygen atoms in total. The maximum Gasteiger partial charge on any atom is 0.277 e. The van der Waals surface area contributed by atoms with E-state index >= 15 is 0 Å². The highest BCUT2D eigenvalue weighted by molar-refractivity contribution is 5.77. The fourth-order valence-electron chi connectivity index (χ4n) is 4.28. The molecule has 32 heavy (non-hydrogen) atoms. The second-order valence-electron chi connectivity index (χ2n) is 8.04. The molecule has 2 aromatic carbocycles. The van der Waals surface area contributed by atoms with E-state index in [1.165, 1.54) is 11.1 Å². The van der Waals surface area contributed by atoms with Gasteiger partial charge in [0.25, 0.3) is 5.56 Å². The lowest BCUT2D eigenvalue weighted by Gasteiger charge is -2.35. The van der Waals surface area contributed by atoms with Gasteiger partial charge in [-0.25, -0.2) is 4.68 Å². The van der Waals surface area contributed by atoms with Crippen LogP contribution >= 0.6 is 0 Å². The molecule has 0 aliphatic carbocycles. The first-order chi connectivity index (χ1) is 15.7. The van der Waals surface area contributed by atoms with Gasteiger partial charge in [0.15, 0.2) is 0 Å². The molecule has 8 heteroatoms. The lowest BCUT2D eigenvalue weighted by molar-refractivity contribution is -0.121. The van der Waals surface area contributed by atoms with Crippen LogP contribution in [-0.4, -0.2) is 52.5 Å². The van der Waals surface area contributed by atoms with Crippen LogP contribution in [0.25, 0.3) is 10.9 Å². The second kappa shape index (κ2) is 10.4. The van der Waals surface area contributed by atoms with Gasteiger partial charge in [-0.1, -0.05) is 42.0 Å². The van der Waals surface area contributed by atoms with Gasteiger partial charge < -0.3 is 10.1 Å². The van der Waals surface area contributed by atoms with Crippen LogP contribution in [0.15, 0.2) is 53.3 Å². The van der Waals surface area contributed by atoms with E-state index in [1.54, 1.807) is 25.3 Å². The molecule has 4 rings (SSSR count). The summed E-state index contributed by atoms with van der Waals surface area (Å²) in [6, 6.07) is 15.1. The Hall–Kier alpha value is -3.26. The van der Waals surface area contributed by atoms with E-state index in [0.29, 0.717) is 17.4 Å². The molecular formula is C24H29N5O3. The number of rotatable bonds is 8. The van der Waals surface area contributed by atoms with Gasteiger partial charge in [0.05, 0.1) is 25.1 Å². The largest absolute Gasteiger partial charge is 0.496 e. The zero-order chi connectivity index (χ0) is 22.3. The van der Waals surface area contributed by atoms with Crippen molar-refractivity contribution in [3.8, 4) is 5.75 Å². The Morgan fingerprint density at radius 2 is 1.84 bits per heavy atom. The Labute approximate surface area is 187 Å². The van der Waals surface area contributed by atoms with Gasteiger partial charge in [-0.3, -0.25) is 14.5 Å². The number of ether oxygens (including phenoxy) is 1. The topological polar surface area (TPSA) is 89.3 Å². The van der Waals surface area contributed by atoms with E-state index in [4.69, 9.17) is 4.74 Å². The molecule has 1 aliphatic heterocycles. The third-order valence-corrected chi connectivity index (χ3v) is 6.00. The third kappa shape index (κ3) is 4.96. The molecule has 0 spiro atoms. The van der Waals surface area contributed by atoms with Crippen molar-refractivity contribution in [2.45, 2.75) is 38.3 Å². The number of nitrogens with zero attached hydrogens (tertiary/aromatic N) is 4. The zero-order valence-corrected chi connectivity index (χ0v) is 18.4. The number of methoxy groups -OCH3 is 1. The predicted octanol–water partition coefficient (Wildman–Crippen LogP) is 2.53. The van der Waals surface area contributed by atoms with E-state index in [0.717, 1.165) is 37.2 Å². The number of likely N-dealkylation sites (tertiary alicyclic amines) is 1. The highest BCUT2D eigenvalue weighted by Crippen LogP contribution is 2.30. The van der Waals surface area contributed by atoms with Gasteiger partial charge in [0.1, 0.15) is 11.3 Å². The molecule has 1 N–H and O–H groups in total. The molecule has 1 unspecified atom stereocenters. The molecular weight excluding hydrogens is 406 g/mol. The number of piperidine rings is 1. The summed E-state index contributed by atoms with van der Waals surface area (Å²) >= 11 is 0. The lowest BCUT2D eigenvalue weighted by atomic mass is 10.0. The minimum absolute atomic E-state index is 0.0404. The zero-order valence-electron chi connectivity index (χ0n) is 18.4. The minimum Gasteiger partial charge on any atom is -0.496 e. The van der Waals surface area contributed by atoms with E-state index in [2.05, 4.69) is 26.6 Å². The fraction of sp³-hybridized carbons (Fsp3) is 0.417. The van der Waals surface area contributed by atoms with Gasteiger partial charge in [0.2, 0.25) is 5.91 Å². The molecule has 0 radical (unpaired) electrons. The smallest absolute Gasteiger partial charge is 0.277 e. The maximum atomic E-state index is 12.6. The van der Waals surface area contributed by atoms with Gasteiger partial charge in [-0.15, -0.1) is 5.10 Å². The molecule has 0 bridgehead atoms. The fourth-order valence-corrected chi connectivity index (χ4v) is 4.28. The van der Waals surface area contributed by atoms with Crippen molar-refractivity contribution in [2.24, 2.45) is 0 Å². The number of benzene rings is 2. The highest BCUT2D eigenvalue weighted by Gasteiger charge is 2.25.